The van der Waals surface area contributed by atoms with Gasteiger partial charge in [-0.1, -0.05) is 0 Å². The molecule has 0 heterocycles. The van der Waals surface area contributed by atoms with Crippen LogP contribution in [0.2, 0.25) is 0 Å². The Hall–Kier alpha value is -2.92. The standard InChI is InChI=1S/C16H14F2N2O6S/c17-16(18)27(25,26)13-7-3-11(4-8-13)15(22)19-9-14(21)10-1-5-12(6-2-10)20(23)24/h1-8,14,16,21H,9H2,(H,19,22)/t14-/m1/s1. The SMILES string of the molecule is O=C(NC[C@@H](O)c1ccc([N+](=O)[O-])cc1)c1ccc(S(=O)(=O)C(F)F)cc1. The highest BCUT2D eigenvalue weighted by Crippen LogP contribution is 2.19. The molecule has 0 bridgehead atoms. The minimum Gasteiger partial charge on any atom is -0.387 e. The first-order chi connectivity index (χ1) is 12.6. The van der Waals surface area contributed by atoms with Crippen LogP contribution in [-0.2, 0) is 9.84 Å². The summed E-state index contributed by atoms with van der Waals surface area (Å²) in [6.45, 7) is -0.215. The molecule has 2 rings (SSSR count). The number of halogens is 2. The number of sulfone groups is 1. The van der Waals surface area contributed by atoms with Gasteiger partial charge in [0.1, 0.15) is 0 Å². The number of benzene rings is 2. The molecule has 0 aliphatic heterocycles. The lowest BCUT2D eigenvalue weighted by Crippen LogP contribution is -2.28. The van der Waals surface area contributed by atoms with E-state index in [1.807, 2.05) is 0 Å². The predicted octanol–water partition coefficient (Wildman–Crippen LogP) is 2.05. The summed E-state index contributed by atoms with van der Waals surface area (Å²) in [4.78, 5) is 21.4. The van der Waals surface area contributed by atoms with Gasteiger partial charge < -0.3 is 10.4 Å². The Morgan fingerprint density at radius 3 is 2.15 bits per heavy atom. The molecule has 0 fully saturated rings. The number of alkyl halides is 2. The van der Waals surface area contributed by atoms with Crippen molar-refractivity contribution in [2.75, 3.05) is 6.54 Å². The highest BCUT2D eigenvalue weighted by Gasteiger charge is 2.26. The van der Waals surface area contributed by atoms with E-state index in [9.17, 15) is 37.2 Å². The smallest absolute Gasteiger partial charge is 0.341 e. The fraction of sp³-hybridized carbons (Fsp3) is 0.188. The first kappa shape index (κ1) is 20.4. The van der Waals surface area contributed by atoms with E-state index in [1.54, 1.807) is 0 Å². The van der Waals surface area contributed by atoms with Crippen LogP contribution >= 0.6 is 0 Å². The van der Waals surface area contributed by atoms with E-state index in [-0.39, 0.29) is 17.8 Å². The zero-order valence-electron chi connectivity index (χ0n) is 13.6. The number of nitro benzene ring substituents is 1. The summed E-state index contributed by atoms with van der Waals surface area (Å²) in [7, 11) is -4.74. The number of hydrogen-bond donors (Lipinski definition) is 2. The molecule has 0 aromatic heterocycles. The van der Waals surface area contributed by atoms with E-state index in [0.717, 1.165) is 24.3 Å². The number of carbonyl (C=O) groups is 1. The average molecular weight is 400 g/mol. The molecule has 0 radical (unpaired) electrons. The Morgan fingerprint density at radius 1 is 1.11 bits per heavy atom. The van der Waals surface area contributed by atoms with Gasteiger partial charge in [0.25, 0.3) is 11.6 Å². The van der Waals surface area contributed by atoms with Crippen LogP contribution in [0.3, 0.4) is 0 Å². The van der Waals surface area contributed by atoms with Crippen LogP contribution in [0, 0.1) is 10.1 Å². The number of nitrogens with one attached hydrogen (secondary N) is 1. The molecular weight excluding hydrogens is 386 g/mol. The van der Waals surface area contributed by atoms with Crippen molar-refractivity contribution in [2.45, 2.75) is 16.8 Å². The van der Waals surface area contributed by atoms with Crippen molar-refractivity contribution in [1.82, 2.24) is 5.32 Å². The van der Waals surface area contributed by atoms with Crippen LogP contribution in [-0.4, -0.2) is 36.7 Å². The van der Waals surface area contributed by atoms with Crippen molar-refractivity contribution < 1.29 is 32.0 Å². The minimum atomic E-state index is -4.74. The number of aliphatic hydroxyl groups excluding tert-OH is 1. The van der Waals surface area contributed by atoms with E-state index in [0.29, 0.717) is 5.56 Å². The van der Waals surface area contributed by atoms with Crippen LogP contribution in [0.5, 0.6) is 0 Å². The molecule has 8 nitrogen and oxygen atoms in total. The molecule has 1 atom stereocenters. The fourth-order valence-electron chi connectivity index (χ4n) is 2.13. The molecule has 1 amide bonds. The number of non-ortho nitro benzene ring substituents is 1. The summed E-state index contributed by atoms with van der Waals surface area (Å²) in [5, 5.41) is 23.0. The lowest BCUT2D eigenvalue weighted by Gasteiger charge is -2.12. The normalized spacial score (nSPS) is 12.6. The Morgan fingerprint density at radius 2 is 1.67 bits per heavy atom. The largest absolute Gasteiger partial charge is 0.387 e. The van der Waals surface area contributed by atoms with Crippen molar-refractivity contribution in [1.29, 1.82) is 0 Å². The number of rotatable bonds is 7. The van der Waals surface area contributed by atoms with Gasteiger partial charge in [-0.25, -0.2) is 8.42 Å². The monoisotopic (exact) mass is 400 g/mol. The lowest BCUT2D eigenvalue weighted by atomic mass is 10.1. The Balaban J connectivity index is 2.00. The van der Waals surface area contributed by atoms with Gasteiger partial charge in [-0.3, -0.25) is 14.9 Å². The van der Waals surface area contributed by atoms with Gasteiger partial charge in [-0.15, -0.1) is 0 Å². The third kappa shape index (κ3) is 4.83. The summed E-state index contributed by atoms with van der Waals surface area (Å²) in [6.07, 6.45) is -1.13. The third-order valence-electron chi connectivity index (χ3n) is 3.62. The lowest BCUT2D eigenvalue weighted by molar-refractivity contribution is -0.384. The van der Waals surface area contributed by atoms with Gasteiger partial charge in [0, 0.05) is 24.2 Å². The van der Waals surface area contributed by atoms with E-state index < -0.39 is 37.4 Å². The maximum Gasteiger partial charge on any atom is 0.341 e. The number of amides is 1. The first-order valence-electron chi connectivity index (χ1n) is 7.45. The van der Waals surface area contributed by atoms with Crippen molar-refractivity contribution in [3.8, 4) is 0 Å². The second-order valence-corrected chi connectivity index (χ2v) is 7.32. The molecule has 2 aromatic rings. The van der Waals surface area contributed by atoms with E-state index >= 15 is 0 Å². The zero-order chi connectivity index (χ0) is 20.2. The van der Waals surface area contributed by atoms with Crippen LogP contribution in [0.15, 0.2) is 53.4 Å². The van der Waals surface area contributed by atoms with Crippen LogP contribution in [0.1, 0.15) is 22.0 Å². The van der Waals surface area contributed by atoms with Crippen molar-refractivity contribution >= 4 is 21.4 Å². The minimum absolute atomic E-state index is 0.0131. The van der Waals surface area contributed by atoms with E-state index in [1.165, 1.54) is 24.3 Å². The average Bonchev–Trinajstić information content (AvgIpc) is 2.65. The summed E-state index contributed by atoms with van der Waals surface area (Å²) in [5.74, 6) is -4.22. The topological polar surface area (TPSA) is 127 Å². The first-order valence-corrected chi connectivity index (χ1v) is 9.00. The van der Waals surface area contributed by atoms with Gasteiger partial charge in [0.05, 0.1) is 15.9 Å². The summed E-state index contributed by atoms with van der Waals surface area (Å²) in [6, 6.07) is 9.04. The number of aliphatic hydroxyl groups is 1. The number of nitro groups is 1. The quantitative estimate of drug-likeness (QED) is 0.541. The van der Waals surface area contributed by atoms with Gasteiger partial charge in [0.2, 0.25) is 9.84 Å². The summed E-state index contributed by atoms with van der Waals surface area (Å²) in [5.41, 5.74) is 0.215. The molecule has 0 spiro atoms. The predicted molar refractivity (Wildman–Crippen MR) is 90.0 cm³/mol. The van der Waals surface area contributed by atoms with Gasteiger partial charge in [0.15, 0.2) is 0 Å². The second kappa shape index (κ2) is 8.18. The molecule has 0 aliphatic carbocycles. The van der Waals surface area contributed by atoms with Gasteiger partial charge in [-0.2, -0.15) is 8.78 Å². The van der Waals surface area contributed by atoms with Crippen molar-refractivity contribution in [3.63, 3.8) is 0 Å². The summed E-state index contributed by atoms with van der Waals surface area (Å²) < 4.78 is 47.6. The third-order valence-corrected chi connectivity index (χ3v) is 5.02. The maximum absolute atomic E-state index is 12.5. The second-order valence-electron chi connectivity index (χ2n) is 5.40. The van der Waals surface area contributed by atoms with Crippen LogP contribution in [0.25, 0.3) is 0 Å². The molecule has 0 saturated carbocycles. The molecule has 2 N–H and O–H groups in total. The highest BCUT2D eigenvalue weighted by atomic mass is 32.2. The van der Waals surface area contributed by atoms with Crippen molar-refractivity contribution in [2.24, 2.45) is 0 Å². The zero-order valence-corrected chi connectivity index (χ0v) is 14.4. The van der Waals surface area contributed by atoms with E-state index in [4.69, 9.17) is 0 Å². The highest BCUT2D eigenvalue weighted by molar-refractivity contribution is 7.91. The number of carbonyl (C=O) groups excluding carboxylic acids is 1. The molecule has 11 heteroatoms. The fourth-order valence-corrected chi connectivity index (χ4v) is 2.85. The molecule has 27 heavy (non-hydrogen) atoms. The Kier molecular flexibility index (Phi) is 6.18. The molecule has 0 unspecified atom stereocenters. The molecular formula is C16H14F2N2O6S. The van der Waals surface area contributed by atoms with Crippen LogP contribution in [0.4, 0.5) is 14.5 Å². The Labute approximate surface area is 152 Å². The number of nitrogens with zero attached hydrogens (tertiary/aromatic N) is 1. The molecule has 2 aromatic carbocycles. The molecule has 0 saturated heterocycles. The number of hydrogen-bond acceptors (Lipinski definition) is 6. The molecule has 0 aliphatic rings. The summed E-state index contributed by atoms with van der Waals surface area (Å²) >= 11 is 0. The Bertz CT molecular complexity index is 930. The van der Waals surface area contributed by atoms with Crippen molar-refractivity contribution in [3.05, 3.63) is 69.8 Å². The van der Waals surface area contributed by atoms with E-state index in [2.05, 4.69) is 5.32 Å². The maximum atomic E-state index is 12.5. The van der Waals surface area contributed by atoms with Gasteiger partial charge in [-0.05, 0) is 42.0 Å². The molecule has 144 valence electrons. The van der Waals surface area contributed by atoms with Crippen LogP contribution < -0.4 is 5.32 Å². The van der Waals surface area contributed by atoms with Gasteiger partial charge >= 0.3 is 5.76 Å².